The maximum atomic E-state index is 11.8. The SMILES string of the molecule is Cc1cc(Br)cc(N)c1NC(=O)c1ccn[nH]1. The van der Waals surface area contributed by atoms with Gasteiger partial charge >= 0.3 is 0 Å². The van der Waals surface area contributed by atoms with Crippen molar-refractivity contribution in [2.75, 3.05) is 11.1 Å². The fraction of sp³-hybridized carbons (Fsp3) is 0.0909. The monoisotopic (exact) mass is 294 g/mol. The summed E-state index contributed by atoms with van der Waals surface area (Å²) in [6, 6.07) is 5.23. The topological polar surface area (TPSA) is 83.8 Å². The largest absolute Gasteiger partial charge is 0.397 e. The van der Waals surface area contributed by atoms with Crippen molar-refractivity contribution in [3.05, 3.63) is 40.1 Å². The Morgan fingerprint density at radius 3 is 2.88 bits per heavy atom. The number of carbonyl (C=O) groups excluding carboxylic acids is 1. The highest BCUT2D eigenvalue weighted by Gasteiger charge is 2.11. The Hall–Kier alpha value is -1.82. The van der Waals surface area contributed by atoms with Gasteiger partial charge < -0.3 is 11.1 Å². The minimum Gasteiger partial charge on any atom is -0.397 e. The lowest BCUT2D eigenvalue weighted by Gasteiger charge is -2.11. The fourth-order valence-electron chi connectivity index (χ4n) is 1.50. The first-order valence-electron chi connectivity index (χ1n) is 4.94. The number of benzene rings is 1. The van der Waals surface area contributed by atoms with E-state index >= 15 is 0 Å². The molecule has 0 aliphatic carbocycles. The number of rotatable bonds is 2. The molecule has 0 unspecified atom stereocenters. The first-order valence-corrected chi connectivity index (χ1v) is 5.73. The first kappa shape index (κ1) is 11.7. The number of hydrogen-bond acceptors (Lipinski definition) is 3. The smallest absolute Gasteiger partial charge is 0.273 e. The van der Waals surface area contributed by atoms with Crippen LogP contribution in [0, 0.1) is 6.92 Å². The zero-order valence-corrected chi connectivity index (χ0v) is 10.7. The van der Waals surface area contributed by atoms with Gasteiger partial charge in [-0.15, -0.1) is 0 Å². The number of hydrogen-bond donors (Lipinski definition) is 3. The Bertz CT molecular complexity index is 528. The highest BCUT2D eigenvalue weighted by Crippen LogP contribution is 2.27. The Balaban J connectivity index is 2.28. The van der Waals surface area contributed by atoms with Gasteiger partial charge in [-0.1, -0.05) is 15.9 Å². The van der Waals surface area contributed by atoms with Crippen molar-refractivity contribution in [1.29, 1.82) is 0 Å². The second-order valence-electron chi connectivity index (χ2n) is 3.61. The molecular weight excluding hydrogens is 284 g/mol. The van der Waals surface area contributed by atoms with Crippen LogP contribution in [0.4, 0.5) is 11.4 Å². The molecule has 1 aromatic carbocycles. The maximum Gasteiger partial charge on any atom is 0.273 e. The molecule has 0 aliphatic rings. The van der Waals surface area contributed by atoms with E-state index in [0.29, 0.717) is 17.1 Å². The summed E-state index contributed by atoms with van der Waals surface area (Å²) in [7, 11) is 0. The van der Waals surface area contributed by atoms with Gasteiger partial charge in [0.1, 0.15) is 5.69 Å². The Kier molecular flexibility index (Phi) is 3.14. The standard InChI is InChI=1S/C11H11BrN4O/c1-6-4-7(12)5-8(13)10(6)15-11(17)9-2-3-14-16-9/h2-5H,13H2,1H3,(H,14,16)(H,15,17). The summed E-state index contributed by atoms with van der Waals surface area (Å²) >= 11 is 3.34. The van der Waals surface area contributed by atoms with Gasteiger partial charge in [0.05, 0.1) is 11.4 Å². The highest BCUT2D eigenvalue weighted by atomic mass is 79.9. The summed E-state index contributed by atoms with van der Waals surface area (Å²) in [6.45, 7) is 1.88. The molecule has 0 aliphatic heterocycles. The van der Waals surface area contributed by atoms with Gasteiger partial charge in [0, 0.05) is 10.7 Å². The lowest BCUT2D eigenvalue weighted by atomic mass is 10.1. The predicted octanol–water partition coefficient (Wildman–Crippen LogP) is 2.32. The summed E-state index contributed by atoms with van der Waals surface area (Å²) in [4.78, 5) is 11.8. The van der Waals surface area contributed by atoms with Crippen molar-refractivity contribution >= 4 is 33.2 Å². The zero-order valence-electron chi connectivity index (χ0n) is 9.12. The average Bonchev–Trinajstić information content (AvgIpc) is 2.76. The van der Waals surface area contributed by atoms with Crippen molar-refractivity contribution in [3.63, 3.8) is 0 Å². The van der Waals surface area contributed by atoms with Gasteiger partial charge in [-0.05, 0) is 30.7 Å². The fourth-order valence-corrected chi connectivity index (χ4v) is 2.09. The number of nitrogens with one attached hydrogen (secondary N) is 2. The molecule has 1 amide bonds. The van der Waals surface area contributed by atoms with E-state index in [0.717, 1.165) is 10.0 Å². The van der Waals surface area contributed by atoms with Gasteiger partial charge in [-0.3, -0.25) is 9.89 Å². The molecule has 0 fully saturated rings. The number of nitrogen functional groups attached to an aromatic ring is 1. The minimum absolute atomic E-state index is 0.264. The summed E-state index contributed by atoms with van der Waals surface area (Å²) in [5.74, 6) is -0.264. The Labute approximate surface area is 107 Å². The van der Waals surface area contributed by atoms with Crippen LogP contribution in [0.2, 0.25) is 0 Å². The molecular formula is C11H11BrN4O. The van der Waals surface area contributed by atoms with Crippen LogP contribution in [0.3, 0.4) is 0 Å². The molecule has 1 aromatic heterocycles. The van der Waals surface area contributed by atoms with Crippen molar-refractivity contribution in [3.8, 4) is 0 Å². The number of carbonyl (C=O) groups is 1. The molecule has 1 heterocycles. The van der Waals surface area contributed by atoms with Crippen LogP contribution in [0.25, 0.3) is 0 Å². The second-order valence-corrected chi connectivity index (χ2v) is 4.53. The number of nitrogens with two attached hydrogens (primary N) is 1. The van der Waals surface area contributed by atoms with E-state index < -0.39 is 0 Å². The average molecular weight is 295 g/mol. The summed E-state index contributed by atoms with van der Waals surface area (Å²) in [6.07, 6.45) is 1.52. The molecule has 5 nitrogen and oxygen atoms in total. The normalized spacial score (nSPS) is 10.2. The predicted molar refractivity (Wildman–Crippen MR) is 69.8 cm³/mol. The van der Waals surface area contributed by atoms with E-state index in [4.69, 9.17) is 5.73 Å². The van der Waals surface area contributed by atoms with Gasteiger partial charge in [0.25, 0.3) is 5.91 Å². The molecule has 4 N–H and O–H groups in total. The van der Waals surface area contributed by atoms with Gasteiger partial charge in [0.2, 0.25) is 0 Å². The molecule has 6 heteroatoms. The number of anilines is 2. The third-order valence-electron chi connectivity index (χ3n) is 2.31. The molecule has 0 bridgehead atoms. The van der Waals surface area contributed by atoms with Crippen LogP contribution in [-0.4, -0.2) is 16.1 Å². The number of H-pyrrole nitrogens is 1. The van der Waals surface area contributed by atoms with Crippen LogP contribution < -0.4 is 11.1 Å². The maximum absolute atomic E-state index is 11.8. The van der Waals surface area contributed by atoms with Crippen molar-refractivity contribution in [1.82, 2.24) is 10.2 Å². The van der Waals surface area contributed by atoms with E-state index in [2.05, 4.69) is 31.4 Å². The number of aryl methyl sites for hydroxylation is 1. The highest BCUT2D eigenvalue weighted by molar-refractivity contribution is 9.10. The second kappa shape index (κ2) is 4.58. The van der Waals surface area contributed by atoms with Crippen molar-refractivity contribution in [2.24, 2.45) is 0 Å². The van der Waals surface area contributed by atoms with Gasteiger partial charge in [0.15, 0.2) is 0 Å². The zero-order chi connectivity index (χ0) is 12.4. The quantitative estimate of drug-likeness (QED) is 0.743. The van der Waals surface area contributed by atoms with E-state index in [1.54, 1.807) is 12.1 Å². The molecule has 2 aromatic rings. The van der Waals surface area contributed by atoms with Crippen LogP contribution in [0.1, 0.15) is 16.1 Å². The molecule has 0 saturated carbocycles. The first-order chi connectivity index (χ1) is 8.08. The number of aromatic amines is 1. The summed E-state index contributed by atoms with van der Waals surface area (Å²) in [5.41, 5.74) is 8.28. The number of aromatic nitrogens is 2. The van der Waals surface area contributed by atoms with E-state index in [-0.39, 0.29) is 5.91 Å². The Morgan fingerprint density at radius 2 is 2.29 bits per heavy atom. The van der Waals surface area contributed by atoms with E-state index in [1.165, 1.54) is 6.20 Å². The minimum atomic E-state index is -0.264. The van der Waals surface area contributed by atoms with Crippen LogP contribution in [0.15, 0.2) is 28.9 Å². The summed E-state index contributed by atoms with van der Waals surface area (Å²) in [5, 5.41) is 9.07. The third-order valence-corrected chi connectivity index (χ3v) is 2.77. The van der Waals surface area contributed by atoms with Crippen molar-refractivity contribution < 1.29 is 4.79 Å². The molecule has 17 heavy (non-hydrogen) atoms. The number of nitrogens with zero attached hydrogens (tertiary/aromatic N) is 1. The van der Waals surface area contributed by atoms with Crippen LogP contribution in [0.5, 0.6) is 0 Å². The third kappa shape index (κ3) is 2.47. The van der Waals surface area contributed by atoms with E-state index in [9.17, 15) is 4.79 Å². The molecule has 88 valence electrons. The number of halogens is 1. The van der Waals surface area contributed by atoms with Gasteiger partial charge in [-0.25, -0.2) is 0 Å². The molecule has 0 spiro atoms. The molecule has 2 rings (SSSR count). The molecule has 0 saturated heterocycles. The Morgan fingerprint density at radius 1 is 1.53 bits per heavy atom. The van der Waals surface area contributed by atoms with Crippen LogP contribution >= 0.6 is 15.9 Å². The van der Waals surface area contributed by atoms with Crippen LogP contribution in [-0.2, 0) is 0 Å². The molecule has 0 atom stereocenters. The lowest BCUT2D eigenvalue weighted by molar-refractivity contribution is 0.102. The van der Waals surface area contributed by atoms with E-state index in [1.807, 2.05) is 13.0 Å². The van der Waals surface area contributed by atoms with Crippen molar-refractivity contribution in [2.45, 2.75) is 6.92 Å². The summed E-state index contributed by atoms with van der Waals surface area (Å²) < 4.78 is 0.882. The number of amides is 1. The van der Waals surface area contributed by atoms with Gasteiger partial charge in [-0.2, -0.15) is 5.10 Å². The molecule has 0 radical (unpaired) electrons. The lowest BCUT2D eigenvalue weighted by Crippen LogP contribution is -2.14.